The molecule has 5 nitrogen and oxygen atoms in total. The highest BCUT2D eigenvalue weighted by atomic mass is 32.1. The summed E-state index contributed by atoms with van der Waals surface area (Å²) < 4.78 is 10.6. The summed E-state index contributed by atoms with van der Waals surface area (Å²) in [6, 6.07) is 0.416. The molecule has 2 fully saturated rings. The molecule has 2 atom stereocenters. The number of carbonyl (C=O) groups excluding carboxylic acids is 1. The van der Waals surface area contributed by atoms with Gasteiger partial charge in [-0.15, -0.1) is 0 Å². The first-order chi connectivity index (χ1) is 9.29. The Morgan fingerprint density at radius 3 is 3.21 bits per heavy atom. The van der Waals surface area contributed by atoms with Crippen molar-refractivity contribution in [3.63, 3.8) is 0 Å². The van der Waals surface area contributed by atoms with Crippen molar-refractivity contribution in [2.45, 2.75) is 37.8 Å². The Balaban J connectivity index is 1.80. The number of esters is 1. The van der Waals surface area contributed by atoms with Crippen LogP contribution in [0.25, 0.3) is 0 Å². The average Bonchev–Trinajstić information content (AvgIpc) is 2.95. The number of carbonyl (C=O) groups is 1. The van der Waals surface area contributed by atoms with Gasteiger partial charge < -0.3 is 14.4 Å². The quantitative estimate of drug-likeness (QED) is 0.777. The Hall–Kier alpha value is -1.14. The van der Waals surface area contributed by atoms with E-state index in [1.165, 1.54) is 31.3 Å². The van der Waals surface area contributed by atoms with Crippen molar-refractivity contribution in [2.75, 3.05) is 25.2 Å². The maximum atomic E-state index is 11.5. The van der Waals surface area contributed by atoms with Crippen LogP contribution in [-0.2, 0) is 9.47 Å². The van der Waals surface area contributed by atoms with Crippen LogP contribution < -0.4 is 4.90 Å². The maximum absolute atomic E-state index is 11.5. The summed E-state index contributed by atoms with van der Waals surface area (Å²) in [7, 11) is 1.40. The molecule has 1 aliphatic heterocycles. The van der Waals surface area contributed by atoms with E-state index in [2.05, 4.69) is 9.88 Å². The molecular formula is C13H18N2O3S. The molecule has 6 heteroatoms. The maximum Gasteiger partial charge on any atom is 0.349 e. The summed E-state index contributed by atoms with van der Waals surface area (Å²) in [4.78, 5) is 18.8. The van der Waals surface area contributed by atoms with Crippen LogP contribution in [0, 0.1) is 0 Å². The van der Waals surface area contributed by atoms with Gasteiger partial charge >= 0.3 is 5.97 Å². The number of thiazole rings is 1. The molecule has 0 amide bonds. The van der Waals surface area contributed by atoms with E-state index in [1.54, 1.807) is 6.20 Å². The van der Waals surface area contributed by atoms with Crippen LogP contribution >= 0.6 is 11.3 Å². The van der Waals surface area contributed by atoms with Gasteiger partial charge in [-0.25, -0.2) is 9.78 Å². The van der Waals surface area contributed by atoms with Crippen LogP contribution in [-0.4, -0.2) is 43.4 Å². The minimum Gasteiger partial charge on any atom is -0.465 e. The van der Waals surface area contributed by atoms with Crippen molar-refractivity contribution < 1.29 is 14.3 Å². The first-order valence-electron chi connectivity index (χ1n) is 6.72. The number of morpholine rings is 1. The lowest BCUT2D eigenvalue weighted by Gasteiger charge is -2.43. The van der Waals surface area contributed by atoms with Gasteiger partial charge in [0.05, 0.1) is 32.1 Å². The molecule has 0 N–H and O–H groups in total. The van der Waals surface area contributed by atoms with Crippen LogP contribution in [0.5, 0.6) is 0 Å². The van der Waals surface area contributed by atoms with E-state index in [1.807, 2.05) is 0 Å². The van der Waals surface area contributed by atoms with E-state index >= 15 is 0 Å². The predicted octanol–water partition coefficient (Wildman–Crippen LogP) is 2.08. The molecule has 1 aromatic rings. The normalized spacial score (nSPS) is 26.9. The van der Waals surface area contributed by atoms with Crippen molar-refractivity contribution >= 4 is 22.4 Å². The molecule has 2 aliphatic rings. The summed E-state index contributed by atoms with van der Waals surface area (Å²) in [5.41, 5.74) is 0. The largest absolute Gasteiger partial charge is 0.465 e. The molecule has 2 unspecified atom stereocenters. The third-order valence-electron chi connectivity index (χ3n) is 3.86. The van der Waals surface area contributed by atoms with E-state index in [9.17, 15) is 4.79 Å². The van der Waals surface area contributed by atoms with Crippen molar-refractivity contribution in [3.05, 3.63) is 11.1 Å². The van der Waals surface area contributed by atoms with E-state index in [0.717, 1.165) is 31.1 Å². The zero-order chi connectivity index (χ0) is 13.2. The van der Waals surface area contributed by atoms with Gasteiger partial charge in [0.1, 0.15) is 4.88 Å². The lowest BCUT2D eigenvalue weighted by molar-refractivity contribution is -0.00869. The van der Waals surface area contributed by atoms with Crippen LogP contribution in [0.1, 0.15) is 35.4 Å². The van der Waals surface area contributed by atoms with E-state index < -0.39 is 0 Å². The lowest BCUT2D eigenvalue weighted by atomic mass is 9.90. The minimum atomic E-state index is -0.308. The number of ether oxygens (including phenoxy) is 2. The first-order valence-corrected chi connectivity index (χ1v) is 7.53. The molecule has 104 valence electrons. The molecule has 1 aromatic heterocycles. The number of nitrogens with zero attached hydrogens (tertiary/aromatic N) is 2. The second kappa shape index (κ2) is 5.46. The monoisotopic (exact) mass is 282 g/mol. The first kappa shape index (κ1) is 12.9. The zero-order valence-corrected chi connectivity index (χ0v) is 11.8. The Labute approximate surface area is 116 Å². The Bertz CT molecular complexity index is 460. The molecule has 1 saturated heterocycles. The molecule has 19 heavy (non-hydrogen) atoms. The number of fused-ring (bicyclic) bond motifs is 1. The summed E-state index contributed by atoms with van der Waals surface area (Å²) in [5.74, 6) is -0.308. The Morgan fingerprint density at radius 2 is 2.37 bits per heavy atom. The fourth-order valence-corrected chi connectivity index (χ4v) is 3.84. The number of aromatic nitrogens is 1. The fraction of sp³-hybridized carbons (Fsp3) is 0.692. The molecule has 2 heterocycles. The van der Waals surface area contributed by atoms with Crippen molar-refractivity contribution in [1.82, 2.24) is 4.98 Å². The molecule has 0 radical (unpaired) electrons. The van der Waals surface area contributed by atoms with Gasteiger partial charge in [0.25, 0.3) is 0 Å². The Morgan fingerprint density at radius 1 is 1.53 bits per heavy atom. The fourth-order valence-electron chi connectivity index (χ4n) is 2.93. The van der Waals surface area contributed by atoms with E-state index in [-0.39, 0.29) is 5.97 Å². The second-order valence-electron chi connectivity index (χ2n) is 4.95. The highest BCUT2D eigenvalue weighted by Crippen LogP contribution is 2.34. The number of rotatable bonds is 2. The molecule has 0 aromatic carbocycles. The summed E-state index contributed by atoms with van der Waals surface area (Å²) >= 11 is 1.41. The zero-order valence-electron chi connectivity index (χ0n) is 11.0. The van der Waals surface area contributed by atoms with Gasteiger partial charge in [-0.3, -0.25) is 0 Å². The minimum absolute atomic E-state index is 0.308. The topological polar surface area (TPSA) is 51.7 Å². The molecule has 1 aliphatic carbocycles. The van der Waals surface area contributed by atoms with Crippen molar-refractivity contribution in [1.29, 1.82) is 0 Å². The summed E-state index contributed by atoms with van der Waals surface area (Å²) in [6.07, 6.45) is 6.72. The van der Waals surface area contributed by atoms with Crippen molar-refractivity contribution in [3.8, 4) is 0 Å². The van der Waals surface area contributed by atoms with E-state index in [0.29, 0.717) is 17.0 Å². The summed E-state index contributed by atoms with van der Waals surface area (Å²) in [6.45, 7) is 1.60. The third kappa shape index (κ3) is 2.47. The number of anilines is 1. The van der Waals surface area contributed by atoms with Gasteiger partial charge in [0.2, 0.25) is 0 Å². The third-order valence-corrected chi connectivity index (χ3v) is 4.87. The van der Waals surface area contributed by atoms with Crippen LogP contribution in [0.2, 0.25) is 0 Å². The smallest absolute Gasteiger partial charge is 0.349 e. The van der Waals surface area contributed by atoms with Gasteiger partial charge in [0, 0.05) is 6.54 Å². The van der Waals surface area contributed by atoms with Crippen LogP contribution in [0.4, 0.5) is 5.13 Å². The predicted molar refractivity (Wildman–Crippen MR) is 72.8 cm³/mol. The summed E-state index contributed by atoms with van der Waals surface area (Å²) in [5, 5.41) is 0.917. The van der Waals surface area contributed by atoms with Gasteiger partial charge in [-0.2, -0.15) is 0 Å². The second-order valence-corrected chi connectivity index (χ2v) is 5.96. The molecular weight excluding hydrogens is 264 g/mol. The SMILES string of the molecule is COC(=O)c1cnc(N2CCOC3CCCCC32)s1. The van der Waals surface area contributed by atoms with Gasteiger partial charge in [0.15, 0.2) is 5.13 Å². The molecule has 3 rings (SSSR count). The number of hydrogen-bond donors (Lipinski definition) is 0. The lowest BCUT2D eigenvalue weighted by Crippen LogP contribution is -2.52. The molecule has 0 spiro atoms. The molecule has 1 saturated carbocycles. The highest BCUT2D eigenvalue weighted by molar-refractivity contribution is 7.17. The van der Waals surface area contributed by atoms with E-state index in [4.69, 9.17) is 9.47 Å². The highest BCUT2D eigenvalue weighted by Gasteiger charge is 2.35. The van der Waals surface area contributed by atoms with Crippen LogP contribution in [0.15, 0.2) is 6.20 Å². The molecule has 0 bridgehead atoms. The number of methoxy groups -OCH3 is 1. The van der Waals surface area contributed by atoms with Gasteiger partial charge in [-0.05, 0) is 12.8 Å². The standard InChI is InChI=1S/C13H18N2O3S/c1-17-12(16)11-8-14-13(19-11)15-6-7-18-10-5-3-2-4-9(10)15/h8-10H,2-7H2,1H3. The average molecular weight is 282 g/mol. The van der Waals surface area contributed by atoms with Crippen LogP contribution in [0.3, 0.4) is 0 Å². The number of hydrogen-bond acceptors (Lipinski definition) is 6. The van der Waals surface area contributed by atoms with Crippen molar-refractivity contribution in [2.24, 2.45) is 0 Å². The Kier molecular flexibility index (Phi) is 3.70. The van der Waals surface area contributed by atoms with Gasteiger partial charge in [-0.1, -0.05) is 24.2 Å².